The van der Waals surface area contributed by atoms with E-state index in [-0.39, 0.29) is 5.91 Å². The Labute approximate surface area is 172 Å². The molecule has 0 aliphatic rings. The number of aliphatic hydroxyl groups is 2. The van der Waals surface area contributed by atoms with Gasteiger partial charge in [0.1, 0.15) is 5.75 Å². The summed E-state index contributed by atoms with van der Waals surface area (Å²) in [5.41, 5.74) is 7.63. The van der Waals surface area contributed by atoms with E-state index in [0.717, 1.165) is 29.5 Å². The lowest BCUT2D eigenvalue weighted by molar-refractivity contribution is -0.165. The number of amides is 1. The minimum absolute atomic E-state index is 0.0628. The molecule has 2 unspecified atom stereocenters. The highest BCUT2D eigenvalue weighted by Crippen LogP contribution is 2.23. The quantitative estimate of drug-likeness (QED) is 0.261. The normalized spacial score (nSPS) is 12.4. The first-order valence-electron chi connectivity index (χ1n) is 9.13. The fourth-order valence-corrected chi connectivity index (χ4v) is 2.45. The predicted molar refractivity (Wildman–Crippen MR) is 107 cm³/mol. The van der Waals surface area contributed by atoms with E-state index >= 15 is 0 Å². The van der Waals surface area contributed by atoms with E-state index in [1.807, 2.05) is 24.4 Å². The lowest BCUT2D eigenvalue weighted by Gasteiger charge is -2.07. The van der Waals surface area contributed by atoms with Crippen LogP contribution >= 0.6 is 0 Å². The van der Waals surface area contributed by atoms with Crippen LogP contribution in [0.15, 0.2) is 24.4 Å². The summed E-state index contributed by atoms with van der Waals surface area (Å²) in [5.74, 6) is -2.64. The van der Waals surface area contributed by atoms with Crippen molar-refractivity contribution in [3.8, 4) is 5.75 Å². The highest BCUT2D eigenvalue weighted by Gasteiger charge is 2.29. The van der Waals surface area contributed by atoms with Crippen LogP contribution in [0.3, 0.4) is 0 Å². The second-order valence-corrected chi connectivity index (χ2v) is 6.28. The van der Waals surface area contributed by atoms with Crippen LogP contribution in [0, 0.1) is 0 Å². The number of aliphatic hydroxyl groups excluding tert-OH is 2. The van der Waals surface area contributed by atoms with Crippen LogP contribution in [0.4, 0.5) is 0 Å². The maximum atomic E-state index is 11.5. The van der Waals surface area contributed by atoms with Gasteiger partial charge in [0.15, 0.2) is 12.2 Å². The Kier molecular flexibility index (Phi) is 10.3. The molecule has 11 heteroatoms. The van der Waals surface area contributed by atoms with E-state index in [1.165, 1.54) is 5.56 Å². The van der Waals surface area contributed by atoms with Crippen molar-refractivity contribution in [2.24, 2.45) is 5.73 Å². The number of carbonyl (C=O) groups excluding carboxylic acids is 1. The fourth-order valence-electron chi connectivity index (χ4n) is 2.45. The van der Waals surface area contributed by atoms with Crippen LogP contribution in [0.1, 0.15) is 18.4 Å². The molecule has 0 radical (unpaired) electrons. The predicted octanol–water partition coefficient (Wildman–Crippen LogP) is -0.548. The van der Waals surface area contributed by atoms with Crippen molar-refractivity contribution in [2.75, 3.05) is 20.2 Å². The summed E-state index contributed by atoms with van der Waals surface area (Å²) >= 11 is 0. The Bertz CT molecular complexity index is 833. The first-order valence-corrected chi connectivity index (χ1v) is 9.13. The van der Waals surface area contributed by atoms with Gasteiger partial charge < -0.3 is 41.2 Å². The number of nitrogens with one attached hydrogen (secondary N) is 2. The molecule has 2 aromatic rings. The number of fused-ring (bicyclic) bond motifs is 1. The summed E-state index contributed by atoms with van der Waals surface area (Å²) in [7, 11) is 1.66. The third-order valence-corrected chi connectivity index (χ3v) is 4.10. The molecule has 0 spiro atoms. The van der Waals surface area contributed by atoms with E-state index in [4.69, 9.17) is 30.9 Å². The Morgan fingerprint density at radius 3 is 2.33 bits per heavy atom. The molecule has 30 heavy (non-hydrogen) atoms. The highest BCUT2D eigenvalue weighted by molar-refractivity contribution is 5.85. The molecule has 0 aliphatic carbocycles. The summed E-state index contributed by atoms with van der Waals surface area (Å²) in [4.78, 5) is 34.3. The zero-order valence-corrected chi connectivity index (χ0v) is 16.5. The topological polar surface area (TPSA) is 195 Å². The van der Waals surface area contributed by atoms with Crippen molar-refractivity contribution < 1.29 is 39.5 Å². The fraction of sp³-hybridized carbons (Fsp3) is 0.421. The molecular weight excluding hydrogens is 398 g/mol. The molecule has 11 nitrogen and oxygen atoms in total. The molecule has 1 heterocycles. The number of ether oxygens (including phenoxy) is 1. The molecule has 0 fully saturated rings. The number of methoxy groups -OCH3 is 1. The molecule has 0 saturated carbocycles. The number of aromatic nitrogens is 1. The largest absolute Gasteiger partial charge is 0.497 e. The molecule has 0 aliphatic heterocycles. The number of nitrogens with two attached hydrogens (primary N) is 1. The number of hydrogen-bond donors (Lipinski definition) is 7. The molecule has 2 rings (SSSR count). The van der Waals surface area contributed by atoms with Gasteiger partial charge in [0.2, 0.25) is 5.91 Å². The summed E-state index contributed by atoms with van der Waals surface area (Å²) in [5, 5.41) is 36.6. The van der Waals surface area contributed by atoms with Gasteiger partial charge >= 0.3 is 11.9 Å². The van der Waals surface area contributed by atoms with E-state index < -0.39 is 24.1 Å². The maximum absolute atomic E-state index is 11.5. The van der Waals surface area contributed by atoms with Gasteiger partial charge in [0, 0.05) is 30.1 Å². The Balaban J connectivity index is 0.000000382. The van der Waals surface area contributed by atoms with E-state index in [2.05, 4.69) is 10.3 Å². The molecule has 8 N–H and O–H groups in total. The zero-order valence-electron chi connectivity index (χ0n) is 16.5. The van der Waals surface area contributed by atoms with Crippen LogP contribution in [-0.2, 0) is 20.8 Å². The van der Waals surface area contributed by atoms with Gasteiger partial charge in [-0.1, -0.05) is 0 Å². The van der Waals surface area contributed by atoms with Crippen molar-refractivity contribution in [3.05, 3.63) is 30.0 Å². The average Bonchev–Trinajstić information content (AvgIpc) is 3.13. The van der Waals surface area contributed by atoms with Gasteiger partial charge in [-0.2, -0.15) is 0 Å². The molecule has 166 valence electrons. The van der Waals surface area contributed by atoms with Gasteiger partial charge in [0.25, 0.3) is 0 Å². The molecule has 1 aromatic carbocycles. The number of benzene rings is 1. The van der Waals surface area contributed by atoms with Crippen molar-refractivity contribution in [2.45, 2.75) is 31.5 Å². The van der Waals surface area contributed by atoms with E-state index in [0.29, 0.717) is 19.5 Å². The average molecular weight is 425 g/mol. The Hall–Kier alpha value is -3.15. The maximum Gasteiger partial charge on any atom is 0.335 e. The summed E-state index contributed by atoms with van der Waals surface area (Å²) in [6, 6.07) is 5.94. The minimum atomic E-state index is -2.27. The van der Waals surface area contributed by atoms with Crippen molar-refractivity contribution in [1.82, 2.24) is 10.3 Å². The molecular formula is C19H27N3O8. The molecule has 1 aromatic heterocycles. The molecule has 2 atom stereocenters. The summed E-state index contributed by atoms with van der Waals surface area (Å²) < 4.78 is 5.24. The Morgan fingerprint density at radius 2 is 1.80 bits per heavy atom. The number of H-pyrrole nitrogens is 1. The monoisotopic (exact) mass is 425 g/mol. The van der Waals surface area contributed by atoms with Crippen LogP contribution in [-0.4, -0.2) is 75.7 Å². The zero-order chi connectivity index (χ0) is 22.7. The summed E-state index contributed by atoms with van der Waals surface area (Å²) in [6.07, 6.45) is -0.526. The second kappa shape index (κ2) is 12.4. The molecule has 0 bridgehead atoms. The number of aliphatic carboxylic acids is 2. The van der Waals surface area contributed by atoms with E-state index in [1.54, 1.807) is 7.11 Å². The third kappa shape index (κ3) is 7.70. The first kappa shape index (κ1) is 24.9. The smallest absolute Gasteiger partial charge is 0.335 e. The van der Waals surface area contributed by atoms with Gasteiger partial charge in [-0.15, -0.1) is 0 Å². The standard InChI is InChI=1S/C15H21N3O2.C4H6O6/c1-20-12-4-5-14-13(9-12)11(10-18-14)6-8-17-15(19)3-2-7-16;5-1(3(7)8)2(6)4(9)10/h4-5,9-10,18H,2-3,6-8,16H2,1H3,(H,17,19);1-2,5-6H,(H,7,8)(H,9,10). The van der Waals surface area contributed by atoms with Gasteiger partial charge in [-0.05, 0) is 43.1 Å². The van der Waals surface area contributed by atoms with Gasteiger partial charge in [0.05, 0.1) is 7.11 Å². The van der Waals surface area contributed by atoms with Crippen LogP contribution in [0.2, 0.25) is 0 Å². The van der Waals surface area contributed by atoms with Gasteiger partial charge in [-0.3, -0.25) is 4.79 Å². The van der Waals surface area contributed by atoms with Crippen LogP contribution in [0.25, 0.3) is 10.9 Å². The summed E-state index contributed by atoms with van der Waals surface area (Å²) in [6.45, 7) is 1.18. The van der Waals surface area contributed by atoms with Crippen molar-refractivity contribution in [1.29, 1.82) is 0 Å². The highest BCUT2D eigenvalue weighted by atomic mass is 16.5. The third-order valence-electron chi connectivity index (χ3n) is 4.10. The van der Waals surface area contributed by atoms with Crippen molar-refractivity contribution in [3.63, 3.8) is 0 Å². The van der Waals surface area contributed by atoms with Gasteiger partial charge in [-0.25, -0.2) is 9.59 Å². The minimum Gasteiger partial charge on any atom is -0.497 e. The van der Waals surface area contributed by atoms with Crippen LogP contribution < -0.4 is 15.8 Å². The number of carboxylic acids is 2. The lowest BCUT2D eigenvalue weighted by atomic mass is 10.1. The number of hydrogen-bond acceptors (Lipinski definition) is 7. The first-order chi connectivity index (χ1) is 14.2. The number of rotatable bonds is 10. The SMILES string of the molecule is COc1ccc2[nH]cc(CCNC(=O)CCCN)c2c1.O=C(O)C(O)C(O)C(=O)O. The van der Waals surface area contributed by atoms with Crippen molar-refractivity contribution >= 4 is 28.7 Å². The molecule has 0 saturated heterocycles. The number of carboxylic acid groups (broad SMARTS) is 2. The van der Waals surface area contributed by atoms with Crippen LogP contribution in [0.5, 0.6) is 5.75 Å². The Morgan fingerprint density at radius 1 is 1.17 bits per heavy atom. The van der Waals surface area contributed by atoms with E-state index in [9.17, 15) is 14.4 Å². The lowest BCUT2D eigenvalue weighted by Crippen LogP contribution is -2.39. The molecule has 1 amide bonds. The number of carbonyl (C=O) groups is 3. The number of aromatic amines is 1. The second-order valence-electron chi connectivity index (χ2n) is 6.28.